The number of aromatic nitrogens is 1. The van der Waals surface area contributed by atoms with Gasteiger partial charge < -0.3 is 4.90 Å². The van der Waals surface area contributed by atoms with Gasteiger partial charge in [0.2, 0.25) is 0 Å². The highest BCUT2D eigenvalue weighted by Gasteiger charge is 2.18. The van der Waals surface area contributed by atoms with E-state index >= 15 is 0 Å². The largest absolute Gasteiger partial charge is 0.369 e. The third kappa shape index (κ3) is 2.53. The minimum Gasteiger partial charge on any atom is -0.369 e. The minimum absolute atomic E-state index is 0.561. The van der Waals surface area contributed by atoms with Crippen molar-refractivity contribution in [3.05, 3.63) is 39.6 Å². The van der Waals surface area contributed by atoms with E-state index in [0.29, 0.717) is 5.15 Å². The maximum absolute atomic E-state index is 5.77. The molecule has 0 saturated heterocycles. The van der Waals surface area contributed by atoms with Crippen molar-refractivity contribution in [2.75, 3.05) is 19.8 Å². The number of halogens is 1. The van der Waals surface area contributed by atoms with Crippen LogP contribution in [0.5, 0.6) is 0 Å². The molecule has 0 aliphatic carbocycles. The van der Waals surface area contributed by atoms with Crippen LogP contribution in [-0.4, -0.2) is 29.7 Å². The Morgan fingerprint density at radius 3 is 2.94 bits per heavy atom. The Morgan fingerprint density at radius 1 is 1.50 bits per heavy atom. The molecule has 4 heteroatoms. The number of thioether (sulfide) groups is 1. The van der Waals surface area contributed by atoms with E-state index in [1.807, 2.05) is 24.0 Å². The predicted molar refractivity (Wildman–Crippen MR) is 70.7 cm³/mol. The monoisotopic (exact) mass is 254 g/mol. The van der Waals surface area contributed by atoms with Crippen molar-refractivity contribution in [3.63, 3.8) is 0 Å². The van der Waals surface area contributed by atoms with Gasteiger partial charge in [-0.2, -0.15) is 0 Å². The van der Waals surface area contributed by atoms with E-state index in [0.717, 1.165) is 19.4 Å². The fourth-order valence-electron chi connectivity index (χ4n) is 2.00. The van der Waals surface area contributed by atoms with Crippen LogP contribution in [-0.2, 0) is 6.42 Å². The summed E-state index contributed by atoms with van der Waals surface area (Å²) < 4.78 is 0. The molecule has 2 rings (SSSR count). The zero-order chi connectivity index (χ0) is 11.5. The first-order chi connectivity index (χ1) is 7.70. The van der Waals surface area contributed by atoms with Crippen molar-refractivity contribution in [3.8, 4) is 0 Å². The lowest BCUT2D eigenvalue weighted by Gasteiger charge is -2.14. The average molecular weight is 255 g/mol. The number of nitrogens with zero attached hydrogens (tertiary/aromatic N) is 2. The zero-order valence-electron chi connectivity index (χ0n) is 9.53. The molecule has 1 aromatic rings. The van der Waals surface area contributed by atoms with Crippen LogP contribution in [0, 0.1) is 0 Å². The van der Waals surface area contributed by atoms with Crippen LogP contribution in [0.15, 0.2) is 28.9 Å². The highest BCUT2D eigenvalue weighted by atomic mass is 35.5. The van der Waals surface area contributed by atoms with E-state index in [1.165, 1.54) is 16.2 Å². The van der Waals surface area contributed by atoms with Crippen molar-refractivity contribution in [1.82, 2.24) is 9.88 Å². The van der Waals surface area contributed by atoms with E-state index in [4.69, 9.17) is 11.6 Å². The summed E-state index contributed by atoms with van der Waals surface area (Å²) in [5.74, 6) is 0. The van der Waals surface area contributed by atoms with Gasteiger partial charge in [0.05, 0.1) is 5.03 Å². The van der Waals surface area contributed by atoms with E-state index < -0.39 is 0 Å². The third-order valence-electron chi connectivity index (χ3n) is 2.80. The Labute approximate surface area is 106 Å². The molecule has 0 unspecified atom stereocenters. The van der Waals surface area contributed by atoms with Crippen molar-refractivity contribution in [1.29, 1.82) is 0 Å². The summed E-state index contributed by atoms with van der Waals surface area (Å²) in [5, 5.41) is 1.97. The molecular formula is C12H15ClN2S. The van der Waals surface area contributed by atoms with Crippen molar-refractivity contribution >= 4 is 23.4 Å². The van der Waals surface area contributed by atoms with Crippen LogP contribution in [0.1, 0.15) is 12.0 Å². The van der Waals surface area contributed by atoms with Crippen molar-refractivity contribution in [2.45, 2.75) is 12.8 Å². The van der Waals surface area contributed by atoms with Gasteiger partial charge in [-0.1, -0.05) is 17.7 Å². The molecule has 0 N–H and O–H groups in total. The van der Waals surface area contributed by atoms with Crippen LogP contribution in [0.2, 0.25) is 5.15 Å². The number of pyridine rings is 1. The predicted octanol–water partition coefficient (Wildman–Crippen LogP) is 3.19. The molecule has 0 atom stereocenters. The quantitative estimate of drug-likeness (QED) is 0.771. The molecular weight excluding hydrogens is 240 g/mol. The molecule has 1 aliphatic heterocycles. The lowest BCUT2D eigenvalue weighted by molar-refractivity contribution is 0.486. The molecule has 86 valence electrons. The lowest BCUT2D eigenvalue weighted by atomic mass is 10.1. The second-order valence-corrected chi connectivity index (χ2v) is 5.13. The first-order valence-electron chi connectivity index (χ1n) is 5.28. The first-order valence-corrected chi connectivity index (χ1v) is 6.88. The summed E-state index contributed by atoms with van der Waals surface area (Å²) in [5.41, 5.74) is 2.75. The summed E-state index contributed by atoms with van der Waals surface area (Å²) in [6.45, 7) is 1.13. The summed E-state index contributed by atoms with van der Waals surface area (Å²) in [6, 6.07) is 3.91. The standard InChI is InChI=1S/C12H15ClN2S/c1-15-6-5-10(12(15)16-2)7-9-3-4-11(13)14-8-9/h3-4,8H,5-7H2,1-2H3. The Kier molecular flexibility index (Phi) is 3.77. The van der Waals surface area contributed by atoms with E-state index in [2.05, 4.69) is 29.3 Å². The van der Waals surface area contributed by atoms with Crippen LogP contribution >= 0.6 is 23.4 Å². The maximum atomic E-state index is 5.77. The third-order valence-corrected chi connectivity index (χ3v) is 4.01. The minimum atomic E-state index is 0.561. The van der Waals surface area contributed by atoms with Gasteiger partial charge in [0, 0.05) is 19.8 Å². The van der Waals surface area contributed by atoms with Crippen LogP contribution in [0.4, 0.5) is 0 Å². The van der Waals surface area contributed by atoms with E-state index in [9.17, 15) is 0 Å². The highest BCUT2D eigenvalue weighted by Crippen LogP contribution is 2.31. The van der Waals surface area contributed by atoms with Gasteiger partial charge in [0.1, 0.15) is 5.15 Å². The summed E-state index contributed by atoms with van der Waals surface area (Å²) in [4.78, 5) is 6.44. The smallest absolute Gasteiger partial charge is 0.129 e. The van der Waals surface area contributed by atoms with Gasteiger partial charge in [0.25, 0.3) is 0 Å². The van der Waals surface area contributed by atoms with E-state index in [1.54, 1.807) is 0 Å². The second-order valence-electron chi connectivity index (χ2n) is 3.95. The fraction of sp³-hybridized carbons (Fsp3) is 0.417. The van der Waals surface area contributed by atoms with Gasteiger partial charge in [-0.25, -0.2) is 4.98 Å². The molecule has 1 aliphatic rings. The van der Waals surface area contributed by atoms with Gasteiger partial charge in [-0.15, -0.1) is 11.8 Å². The molecule has 16 heavy (non-hydrogen) atoms. The number of hydrogen-bond acceptors (Lipinski definition) is 3. The number of rotatable bonds is 3. The van der Waals surface area contributed by atoms with Crippen molar-refractivity contribution < 1.29 is 0 Å². The van der Waals surface area contributed by atoms with Crippen molar-refractivity contribution in [2.24, 2.45) is 0 Å². The lowest BCUT2D eigenvalue weighted by Crippen LogP contribution is -2.10. The molecule has 2 nitrogen and oxygen atoms in total. The van der Waals surface area contributed by atoms with Crippen LogP contribution < -0.4 is 0 Å². The van der Waals surface area contributed by atoms with Gasteiger partial charge in [-0.05, 0) is 36.3 Å². The Morgan fingerprint density at radius 2 is 2.31 bits per heavy atom. The normalized spacial score (nSPS) is 16.1. The molecule has 0 bridgehead atoms. The average Bonchev–Trinajstić information content (AvgIpc) is 2.63. The maximum Gasteiger partial charge on any atom is 0.129 e. The van der Waals surface area contributed by atoms with Gasteiger partial charge in [0.15, 0.2) is 0 Å². The number of hydrogen-bond donors (Lipinski definition) is 0. The molecule has 1 aromatic heterocycles. The topological polar surface area (TPSA) is 16.1 Å². The summed E-state index contributed by atoms with van der Waals surface area (Å²) >= 11 is 7.60. The molecule has 2 heterocycles. The zero-order valence-corrected chi connectivity index (χ0v) is 11.1. The molecule has 0 spiro atoms. The molecule has 0 saturated carbocycles. The van der Waals surface area contributed by atoms with Gasteiger partial charge >= 0.3 is 0 Å². The molecule has 0 amide bonds. The summed E-state index contributed by atoms with van der Waals surface area (Å²) in [7, 11) is 2.15. The Balaban J connectivity index is 2.15. The Hall–Kier alpha value is -0.670. The Bertz CT molecular complexity index is 400. The molecule has 0 radical (unpaired) electrons. The summed E-state index contributed by atoms with van der Waals surface area (Å²) in [6.07, 6.45) is 6.16. The van der Waals surface area contributed by atoms with Gasteiger partial charge in [-0.3, -0.25) is 0 Å². The first kappa shape index (κ1) is 11.8. The van der Waals surface area contributed by atoms with Crippen LogP contribution in [0.25, 0.3) is 0 Å². The molecule has 0 fully saturated rings. The van der Waals surface area contributed by atoms with Crippen LogP contribution in [0.3, 0.4) is 0 Å². The van der Waals surface area contributed by atoms with E-state index in [-0.39, 0.29) is 0 Å². The molecule has 0 aromatic carbocycles. The SMILES string of the molecule is CSC1=C(Cc2ccc(Cl)nc2)CCN1C. The fourth-order valence-corrected chi connectivity index (χ4v) is 2.98. The second kappa shape index (κ2) is 5.11. The highest BCUT2D eigenvalue weighted by molar-refractivity contribution is 8.02.